The first-order valence-electron chi connectivity index (χ1n) is 14.9. The molecule has 2 unspecified atom stereocenters. The van der Waals surface area contributed by atoms with E-state index >= 15 is 0 Å². The first-order valence-corrected chi connectivity index (χ1v) is 16.4. The second kappa shape index (κ2) is 16.3. The first-order chi connectivity index (χ1) is 20.9. The summed E-state index contributed by atoms with van der Waals surface area (Å²) >= 11 is 4.47. The van der Waals surface area contributed by atoms with E-state index in [1.165, 1.54) is 75.6 Å². The molecule has 0 bridgehead atoms. The third-order valence-corrected chi connectivity index (χ3v) is 8.39. The van der Waals surface area contributed by atoms with Gasteiger partial charge in [-0.15, -0.1) is 10.2 Å². The number of aromatic amines is 1. The number of nitrogens with one attached hydrogen (secondary N) is 2. The lowest BCUT2D eigenvalue weighted by atomic mass is 10.0. The van der Waals surface area contributed by atoms with Gasteiger partial charge >= 0.3 is 17.2 Å². The van der Waals surface area contributed by atoms with Gasteiger partial charge in [0.15, 0.2) is 17.6 Å². The lowest BCUT2D eigenvalue weighted by Crippen LogP contribution is -2.13. The minimum Gasteiger partial charge on any atom is -0.482 e. The summed E-state index contributed by atoms with van der Waals surface area (Å²) in [6.45, 7) is 4.13. The minimum atomic E-state index is -1.93. The molecule has 0 spiro atoms. The van der Waals surface area contributed by atoms with Crippen molar-refractivity contribution in [3.05, 3.63) is 70.6 Å². The van der Waals surface area contributed by atoms with Gasteiger partial charge in [0, 0.05) is 5.69 Å². The summed E-state index contributed by atoms with van der Waals surface area (Å²) in [5.41, 5.74) is 1.97. The van der Waals surface area contributed by atoms with Gasteiger partial charge in [-0.3, -0.25) is 9.82 Å². The third-order valence-electron chi connectivity index (χ3n) is 7.19. The van der Waals surface area contributed by atoms with E-state index in [-0.39, 0.29) is 17.4 Å². The molecule has 232 valence electrons. The molecule has 0 aliphatic rings. The van der Waals surface area contributed by atoms with Crippen molar-refractivity contribution in [2.45, 2.75) is 90.6 Å². The van der Waals surface area contributed by atoms with Crippen molar-refractivity contribution in [1.82, 2.24) is 19.8 Å². The summed E-state index contributed by atoms with van der Waals surface area (Å²) in [5, 5.41) is 21.6. The van der Waals surface area contributed by atoms with E-state index in [4.69, 9.17) is 25.6 Å². The van der Waals surface area contributed by atoms with Gasteiger partial charge in [0.1, 0.15) is 16.5 Å². The number of carbonyl (C=O) groups is 1. The molecule has 2 heterocycles. The molecule has 3 N–H and O–H groups in total. The van der Waals surface area contributed by atoms with E-state index in [9.17, 15) is 9.00 Å². The quantitative estimate of drug-likeness (QED) is 0.0890. The molecule has 4 rings (SSSR count). The number of ether oxygens (including phenoxy) is 1. The lowest BCUT2D eigenvalue weighted by molar-refractivity contribution is 0.0696. The number of carboxylic acid groups (broad SMARTS) is 1. The Hall–Kier alpha value is -3.57. The van der Waals surface area contributed by atoms with Crippen LogP contribution in [-0.2, 0) is 11.3 Å². The summed E-state index contributed by atoms with van der Waals surface area (Å²) in [4.78, 5) is 11.2. The number of nitrogens with zero attached hydrogens (tertiary/aromatic N) is 3. The van der Waals surface area contributed by atoms with Gasteiger partial charge in [0.25, 0.3) is 0 Å². The number of fused-ring (bicyclic) bond motifs is 1. The monoisotopic (exact) mass is 629 g/mol. The van der Waals surface area contributed by atoms with Crippen LogP contribution in [0.2, 0.25) is 5.02 Å². The molecule has 0 radical (unpaired) electrons. The fraction of sp³-hybridized carbons (Fsp3) is 0.452. The molecule has 0 saturated carbocycles. The Bertz CT molecular complexity index is 1490. The molecule has 2 aromatic carbocycles. The fourth-order valence-corrected chi connectivity index (χ4v) is 5.66. The highest BCUT2D eigenvalue weighted by Crippen LogP contribution is 2.30. The molecule has 10 nitrogen and oxygen atoms in total. The van der Waals surface area contributed by atoms with E-state index in [0.29, 0.717) is 27.9 Å². The van der Waals surface area contributed by atoms with Crippen molar-refractivity contribution in [3.63, 3.8) is 0 Å². The van der Waals surface area contributed by atoms with E-state index < -0.39 is 17.2 Å². The zero-order chi connectivity index (χ0) is 30.6. The Labute approximate surface area is 259 Å². The number of unbranched alkanes of at least 4 members (excludes halogenated alkanes) is 9. The molecule has 0 aliphatic carbocycles. The van der Waals surface area contributed by atoms with Crippen molar-refractivity contribution in [3.8, 4) is 11.5 Å². The number of halogens is 1. The molecule has 2 atom stereocenters. The fourth-order valence-electron chi connectivity index (χ4n) is 4.85. The zero-order valence-electron chi connectivity index (χ0n) is 24.7. The van der Waals surface area contributed by atoms with Crippen LogP contribution in [0.1, 0.15) is 106 Å². The van der Waals surface area contributed by atoms with Crippen molar-refractivity contribution in [1.29, 1.82) is 0 Å². The van der Waals surface area contributed by atoms with Crippen LogP contribution in [0.15, 0.2) is 48.5 Å². The van der Waals surface area contributed by atoms with Crippen molar-refractivity contribution in [2.75, 3.05) is 4.72 Å². The number of hydrogen-bond acceptors (Lipinski definition) is 6. The Morgan fingerprint density at radius 1 is 1.00 bits per heavy atom. The number of carboxylic acids is 1. The van der Waals surface area contributed by atoms with E-state index in [2.05, 4.69) is 26.9 Å². The molecular formula is C31H40ClN5O5S. The number of rotatable bonds is 19. The number of aromatic carboxylic acids is 1. The van der Waals surface area contributed by atoms with E-state index in [1.54, 1.807) is 28.8 Å². The second-order valence-corrected chi connectivity index (χ2v) is 11.8. The number of aryl methyl sites for hydroxylation is 1. The van der Waals surface area contributed by atoms with Gasteiger partial charge in [-0.05, 0) is 62.2 Å². The number of hydrogen-bond donors (Lipinski definition) is 3. The van der Waals surface area contributed by atoms with Crippen LogP contribution in [0.4, 0.5) is 5.69 Å². The molecule has 4 aromatic rings. The maximum atomic E-state index is 12.5. The van der Waals surface area contributed by atoms with Gasteiger partial charge in [-0.2, -0.15) is 4.21 Å². The molecule has 0 fully saturated rings. The molecule has 2 aromatic heterocycles. The molecular weight excluding hydrogens is 590 g/mol. The SMILES string of the molecule is CCCCCCCCCCCCC(Oc1ccc(NS(=O)Oc2cccc(C(=O)O)c2)cc1)c1nnc2c(Cl)c(C)[nH]n12. The molecule has 12 heteroatoms. The largest absolute Gasteiger partial charge is 0.482 e. The minimum absolute atomic E-state index is 0.0464. The molecule has 0 saturated heterocycles. The van der Waals surface area contributed by atoms with Crippen LogP contribution in [-0.4, -0.2) is 35.1 Å². The summed E-state index contributed by atoms with van der Waals surface area (Å²) in [6.07, 6.45) is 12.9. The zero-order valence-corrected chi connectivity index (χ0v) is 26.3. The number of H-pyrrole nitrogens is 1. The Balaban J connectivity index is 1.34. The van der Waals surface area contributed by atoms with Crippen LogP contribution in [0.5, 0.6) is 11.5 Å². The molecule has 0 amide bonds. The predicted molar refractivity (Wildman–Crippen MR) is 169 cm³/mol. The normalized spacial score (nSPS) is 12.7. The molecule has 0 aliphatic heterocycles. The Morgan fingerprint density at radius 3 is 2.35 bits per heavy atom. The Morgan fingerprint density at radius 2 is 1.67 bits per heavy atom. The van der Waals surface area contributed by atoms with Crippen molar-refractivity contribution < 1.29 is 23.0 Å². The van der Waals surface area contributed by atoms with E-state index in [1.807, 2.05) is 6.92 Å². The highest BCUT2D eigenvalue weighted by atomic mass is 35.5. The van der Waals surface area contributed by atoms with Gasteiger partial charge in [-0.25, -0.2) is 9.31 Å². The average Bonchev–Trinajstić information content (AvgIpc) is 3.53. The molecule has 43 heavy (non-hydrogen) atoms. The van der Waals surface area contributed by atoms with Crippen LogP contribution >= 0.6 is 11.6 Å². The van der Waals surface area contributed by atoms with Crippen LogP contribution in [0, 0.1) is 6.92 Å². The Kier molecular flexibility index (Phi) is 12.3. The summed E-state index contributed by atoms with van der Waals surface area (Å²) in [6, 6.07) is 12.8. The van der Waals surface area contributed by atoms with Gasteiger partial charge in [0.05, 0.1) is 11.3 Å². The second-order valence-electron chi connectivity index (χ2n) is 10.6. The summed E-state index contributed by atoms with van der Waals surface area (Å²) in [5.74, 6) is 0.364. The smallest absolute Gasteiger partial charge is 0.335 e. The van der Waals surface area contributed by atoms with E-state index in [0.717, 1.165) is 25.0 Å². The number of anilines is 1. The maximum absolute atomic E-state index is 12.5. The van der Waals surface area contributed by atoms with Gasteiger partial charge in [-0.1, -0.05) is 82.4 Å². The summed E-state index contributed by atoms with van der Waals surface area (Å²) < 4.78 is 28.8. The van der Waals surface area contributed by atoms with Crippen LogP contribution < -0.4 is 13.6 Å². The van der Waals surface area contributed by atoms with Crippen molar-refractivity contribution in [2.24, 2.45) is 0 Å². The predicted octanol–water partition coefficient (Wildman–Crippen LogP) is 8.22. The standard InChI is InChI=1S/C31H40ClN5O5S/c1-3-4-5-6-7-8-9-10-11-12-16-27(29-33-34-30-28(32)22(2)35-37(29)30)41-25-19-17-24(18-20-25)36-43(40)42-26-15-13-14-23(21-26)31(38)39/h13-15,17-21,27,35-36H,3-12,16H2,1-2H3,(H,38,39). The third kappa shape index (κ3) is 9.46. The number of aromatic nitrogens is 4. The lowest BCUT2D eigenvalue weighted by Gasteiger charge is -2.18. The van der Waals surface area contributed by atoms with Crippen LogP contribution in [0.25, 0.3) is 5.65 Å². The van der Waals surface area contributed by atoms with Gasteiger partial charge in [0.2, 0.25) is 0 Å². The highest BCUT2D eigenvalue weighted by Gasteiger charge is 2.23. The van der Waals surface area contributed by atoms with Gasteiger partial charge < -0.3 is 14.0 Å². The number of benzene rings is 2. The topological polar surface area (TPSA) is 131 Å². The summed E-state index contributed by atoms with van der Waals surface area (Å²) in [7, 11) is 0. The maximum Gasteiger partial charge on any atom is 0.335 e. The van der Waals surface area contributed by atoms with Crippen LogP contribution in [0.3, 0.4) is 0 Å². The van der Waals surface area contributed by atoms with Crippen molar-refractivity contribution >= 4 is 40.2 Å². The first kappa shape index (κ1) is 32.3. The average molecular weight is 630 g/mol. The highest BCUT2D eigenvalue weighted by molar-refractivity contribution is 7.81.